The summed E-state index contributed by atoms with van der Waals surface area (Å²) in [7, 11) is 0. The van der Waals surface area contributed by atoms with E-state index in [1.807, 2.05) is 6.07 Å². The normalized spacial score (nSPS) is 11.4. The maximum atomic E-state index is 8.28. The quantitative estimate of drug-likeness (QED) is 0.201. The van der Waals surface area contributed by atoms with Gasteiger partial charge >= 0.3 is 0 Å². The Kier molecular flexibility index (Phi) is 3.66. The second-order valence-corrected chi connectivity index (χ2v) is 1.80. The van der Waals surface area contributed by atoms with Crippen molar-refractivity contribution < 1.29 is 0 Å². The number of allylic oxidation sites excluding steroid dienone is 3. The Labute approximate surface area is 60.1 Å². The molecule has 0 rings (SSSR count). The molecule has 0 saturated heterocycles. The Hall–Kier alpha value is -1.56. The Morgan fingerprint density at radius 1 is 1.80 bits per heavy atom. The molecule has 2 N–H and O–H groups in total. The Morgan fingerprint density at radius 3 is 2.80 bits per heavy atom. The highest BCUT2D eigenvalue weighted by Crippen LogP contribution is 1.95. The molecule has 3 heteroatoms. The zero-order chi connectivity index (χ0) is 7.98. The molecule has 0 bridgehead atoms. The average Bonchev–Trinajstić information content (AvgIpc) is 1.88. The van der Waals surface area contributed by atoms with Gasteiger partial charge in [0.1, 0.15) is 0 Å². The maximum Gasteiger partial charge on any atom is 0.0985 e. The molecule has 0 aliphatic heterocycles. The number of hydrazone groups is 1. The number of hydrogen-bond acceptors (Lipinski definition) is 3. The van der Waals surface area contributed by atoms with Gasteiger partial charge < -0.3 is 5.84 Å². The highest BCUT2D eigenvalue weighted by Gasteiger charge is 1.84. The minimum absolute atomic E-state index is 0.400. The molecule has 3 nitrogen and oxygen atoms in total. The van der Waals surface area contributed by atoms with Gasteiger partial charge in [0.15, 0.2) is 0 Å². The molecule has 0 fully saturated rings. The van der Waals surface area contributed by atoms with E-state index in [0.29, 0.717) is 5.57 Å². The molecule has 10 heavy (non-hydrogen) atoms. The van der Waals surface area contributed by atoms with Gasteiger partial charge in [0.25, 0.3) is 0 Å². The molecule has 0 saturated carbocycles. The van der Waals surface area contributed by atoms with Crippen molar-refractivity contribution in [3.05, 3.63) is 23.8 Å². The third-order valence-corrected chi connectivity index (χ3v) is 0.824. The van der Waals surface area contributed by atoms with Crippen molar-refractivity contribution >= 4 is 6.21 Å². The zero-order valence-corrected chi connectivity index (χ0v) is 5.83. The predicted octanol–water partition coefficient (Wildman–Crippen LogP) is 0.957. The van der Waals surface area contributed by atoms with E-state index in [4.69, 9.17) is 11.1 Å². The fourth-order valence-corrected chi connectivity index (χ4v) is 0.462. The lowest BCUT2D eigenvalue weighted by Crippen LogP contribution is -1.84. The van der Waals surface area contributed by atoms with E-state index >= 15 is 0 Å². The first-order valence-electron chi connectivity index (χ1n) is 2.71. The molecule has 0 atom stereocenters. The number of nitrogens with two attached hydrogens (primary N) is 1. The molecule has 0 aliphatic carbocycles. The van der Waals surface area contributed by atoms with Crippen LogP contribution in [0.5, 0.6) is 0 Å². The van der Waals surface area contributed by atoms with E-state index in [2.05, 4.69) is 11.7 Å². The van der Waals surface area contributed by atoms with Gasteiger partial charge in [-0.1, -0.05) is 6.58 Å². The predicted molar refractivity (Wildman–Crippen MR) is 41.2 cm³/mol. The molecule has 0 amide bonds. The van der Waals surface area contributed by atoms with Crippen molar-refractivity contribution in [1.29, 1.82) is 5.26 Å². The van der Waals surface area contributed by atoms with E-state index in [-0.39, 0.29) is 0 Å². The second-order valence-electron chi connectivity index (χ2n) is 1.80. The molecule has 0 aliphatic rings. The lowest BCUT2D eigenvalue weighted by molar-refractivity contribution is 1.26. The van der Waals surface area contributed by atoms with Crippen molar-refractivity contribution in [2.45, 2.75) is 6.92 Å². The zero-order valence-electron chi connectivity index (χ0n) is 5.83. The number of nitrogens with zero attached hydrogens (tertiary/aromatic N) is 2. The van der Waals surface area contributed by atoms with Crippen LogP contribution in [0.1, 0.15) is 6.92 Å². The van der Waals surface area contributed by atoms with Crippen molar-refractivity contribution in [3.63, 3.8) is 0 Å². The second kappa shape index (κ2) is 4.33. The van der Waals surface area contributed by atoms with Crippen molar-refractivity contribution in [2.24, 2.45) is 10.9 Å². The summed E-state index contributed by atoms with van der Waals surface area (Å²) >= 11 is 0. The average molecular weight is 135 g/mol. The van der Waals surface area contributed by atoms with E-state index in [0.717, 1.165) is 5.57 Å². The van der Waals surface area contributed by atoms with Crippen LogP contribution in [-0.2, 0) is 0 Å². The Morgan fingerprint density at radius 2 is 2.40 bits per heavy atom. The minimum Gasteiger partial charge on any atom is -0.323 e. The standard InChI is InChI=1S/C7H9N3/c1-6(4-8)3-7(2)5-10-9/h3,5H,1,9H2,2H3/b7-3-,10-5-. The fourth-order valence-electron chi connectivity index (χ4n) is 0.462. The van der Waals surface area contributed by atoms with Gasteiger partial charge in [-0.2, -0.15) is 10.4 Å². The van der Waals surface area contributed by atoms with E-state index in [9.17, 15) is 0 Å². The molecule has 0 spiro atoms. The topological polar surface area (TPSA) is 62.2 Å². The lowest BCUT2D eigenvalue weighted by Gasteiger charge is -1.86. The number of rotatable bonds is 2. The van der Waals surface area contributed by atoms with Crippen LogP contribution in [-0.4, -0.2) is 6.21 Å². The van der Waals surface area contributed by atoms with Crippen LogP contribution in [0.3, 0.4) is 0 Å². The summed E-state index contributed by atoms with van der Waals surface area (Å²) in [5.41, 5.74) is 1.21. The molecule has 0 aromatic carbocycles. The molecule has 0 aromatic rings. The van der Waals surface area contributed by atoms with Crippen LogP contribution in [0.2, 0.25) is 0 Å². The summed E-state index contributed by atoms with van der Waals surface area (Å²) in [5.74, 6) is 4.86. The van der Waals surface area contributed by atoms with E-state index < -0.39 is 0 Å². The molecular weight excluding hydrogens is 126 g/mol. The molecule has 0 heterocycles. The van der Waals surface area contributed by atoms with Gasteiger partial charge in [0.2, 0.25) is 0 Å². The summed E-state index contributed by atoms with van der Waals surface area (Å²) in [4.78, 5) is 0. The first-order valence-corrected chi connectivity index (χ1v) is 2.71. The van der Waals surface area contributed by atoms with Crippen LogP contribution in [0.25, 0.3) is 0 Å². The minimum atomic E-state index is 0.400. The Bertz CT molecular complexity index is 217. The summed E-state index contributed by atoms with van der Waals surface area (Å²) in [6.45, 7) is 5.25. The van der Waals surface area contributed by atoms with Gasteiger partial charge in [-0.25, -0.2) is 0 Å². The lowest BCUT2D eigenvalue weighted by atomic mass is 10.2. The van der Waals surface area contributed by atoms with Gasteiger partial charge in [-0.05, 0) is 18.6 Å². The third-order valence-electron chi connectivity index (χ3n) is 0.824. The van der Waals surface area contributed by atoms with Gasteiger partial charge in [0, 0.05) is 11.8 Å². The van der Waals surface area contributed by atoms with Crippen molar-refractivity contribution in [2.75, 3.05) is 0 Å². The van der Waals surface area contributed by atoms with Gasteiger partial charge in [-0.3, -0.25) is 0 Å². The fraction of sp³-hybridized carbons (Fsp3) is 0.143. The third kappa shape index (κ3) is 3.44. The van der Waals surface area contributed by atoms with Gasteiger partial charge in [-0.15, -0.1) is 0 Å². The number of hydrogen-bond donors (Lipinski definition) is 1. The van der Waals surface area contributed by atoms with Crippen LogP contribution in [0, 0.1) is 11.3 Å². The van der Waals surface area contributed by atoms with Crippen LogP contribution in [0.15, 0.2) is 28.9 Å². The first kappa shape index (κ1) is 8.44. The smallest absolute Gasteiger partial charge is 0.0985 e. The summed E-state index contributed by atoms with van der Waals surface area (Å²) in [6, 6.07) is 1.88. The van der Waals surface area contributed by atoms with Crippen molar-refractivity contribution in [3.8, 4) is 6.07 Å². The Balaban J connectivity index is 4.20. The number of nitriles is 1. The van der Waals surface area contributed by atoms with Crippen LogP contribution >= 0.6 is 0 Å². The first-order chi connectivity index (χ1) is 4.70. The largest absolute Gasteiger partial charge is 0.323 e. The molecule has 52 valence electrons. The highest BCUT2D eigenvalue weighted by molar-refractivity contribution is 5.78. The maximum absolute atomic E-state index is 8.28. The molecular formula is C7H9N3. The molecule has 0 aromatic heterocycles. The van der Waals surface area contributed by atoms with Crippen molar-refractivity contribution in [1.82, 2.24) is 0 Å². The van der Waals surface area contributed by atoms with Gasteiger partial charge in [0.05, 0.1) is 6.07 Å². The summed E-state index contributed by atoms with van der Waals surface area (Å²) in [5, 5.41) is 11.6. The SMILES string of the molecule is C=C(C#N)/C=C(C)\C=N/N. The molecule has 0 unspecified atom stereocenters. The van der Waals surface area contributed by atoms with Crippen LogP contribution in [0.4, 0.5) is 0 Å². The highest BCUT2D eigenvalue weighted by atomic mass is 15.1. The van der Waals surface area contributed by atoms with E-state index in [1.165, 1.54) is 6.21 Å². The van der Waals surface area contributed by atoms with E-state index in [1.54, 1.807) is 13.0 Å². The monoisotopic (exact) mass is 135 g/mol. The molecule has 0 radical (unpaired) electrons. The van der Waals surface area contributed by atoms with Crippen LogP contribution < -0.4 is 5.84 Å². The summed E-state index contributed by atoms with van der Waals surface area (Å²) in [6.07, 6.45) is 3.07. The summed E-state index contributed by atoms with van der Waals surface area (Å²) < 4.78 is 0.